The predicted octanol–water partition coefficient (Wildman–Crippen LogP) is 2.61. The molecule has 1 amide bonds. The third-order valence-corrected chi connectivity index (χ3v) is 4.35. The highest BCUT2D eigenvalue weighted by Crippen LogP contribution is 2.38. The average Bonchev–Trinajstić information content (AvgIpc) is 3.08. The van der Waals surface area contributed by atoms with Gasteiger partial charge in [0.15, 0.2) is 5.13 Å². The number of benzene rings is 1. The number of carbonyl (C=O) groups excluding carboxylic acids is 1. The van der Waals surface area contributed by atoms with Gasteiger partial charge >= 0.3 is 0 Å². The van der Waals surface area contributed by atoms with Crippen LogP contribution in [0.25, 0.3) is 10.2 Å². The Balaban J connectivity index is 1.97. The molecule has 0 saturated carbocycles. The second-order valence-corrected chi connectivity index (χ2v) is 5.91. The molecule has 8 heteroatoms. The molecule has 120 valence electrons. The standard InChI is InChI=1S/C15H16N4O3S/c1-8-7-9(19(2)18-8)14(20)17-15-16-12-10(21-3)5-6-11(22-4)13(12)23-15/h5-7H,1-4H3,(H,16,17,20). The van der Waals surface area contributed by atoms with Crippen molar-refractivity contribution in [3.63, 3.8) is 0 Å². The molecule has 0 bridgehead atoms. The minimum Gasteiger partial charge on any atom is -0.495 e. The molecular formula is C15H16N4O3S. The Bertz CT molecular complexity index is 843. The van der Waals surface area contributed by atoms with Crippen molar-refractivity contribution >= 4 is 32.6 Å². The summed E-state index contributed by atoms with van der Waals surface area (Å²) in [4.78, 5) is 16.8. The number of fused-ring (bicyclic) bond motifs is 1. The maximum atomic E-state index is 12.4. The predicted molar refractivity (Wildman–Crippen MR) is 88.6 cm³/mol. The van der Waals surface area contributed by atoms with Gasteiger partial charge in [0.2, 0.25) is 0 Å². The average molecular weight is 332 g/mol. The van der Waals surface area contributed by atoms with Crippen LogP contribution in [-0.2, 0) is 7.05 Å². The van der Waals surface area contributed by atoms with Crippen molar-refractivity contribution in [2.75, 3.05) is 19.5 Å². The van der Waals surface area contributed by atoms with Crippen LogP contribution in [0.3, 0.4) is 0 Å². The summed E-state index contributed by atoms with van der Waals surface area (Å²) in [7, 11) is 4.90. The Kier molecular flexibility index (Phi) is 3.91. The van der Waals surface area contributed by atoms with Gasteiger partial charge in [0.25, 0.3) is 5.91 Å². The van der Waals surface area contributed by atoms with Crippen LogP contribution in [0, 0.1) is 6.92 Å². The van der Waals surface area contributed by atoms with Crippen molar-refractivity contribution in [3.05, 3.63) is 29.6 Å². The van der Waals surface area contributed by atoms with Crippen molar-refractivity contribution in [3.8, 4) is 11.5 Å². The lowest BCUT2D eigenvalue weighted by Crippen LogP contribution is -2.15. The van der Waals surface area contributed by atoms with Crippen molar-refractivity contribution in [1.82, 2.24) is 14.8 Å². The van der Waals surface area contributed by atoms with Gasteiger partial charge in [-0.2, -0.15) is 5.10 Å². The van der Waals surface area contributed by atoms with Gasteiger partial charge < -0.3 is 9.47 Å². The zero-order valence-corrected chi connectivity index (χ0v) is 14.0. The molecule has 3 aromatic rings. The summed E-state index contributed by atoms with van der Waals surface area (Å²) in [5, 5.41) is 7.45. The fourth-order valence-electron chi connectivity index (χ4n) is 2.32. The summed E-state index contributed by atoms with van der Waals surface area (Å²) in [5.74, 6) is 1.06. The number of nitrogens with zero attached hydrogens (tertiary/aromatic N) is 3. The molecule has 2 heterocycles. The Hall–Kier alpha value is -2.61. The molecule has 0 spiro atoms. The third kappa shape index (κ3) is 2.72. The second kappa shape index (κ2) is 5.88. The molecule has 1 N–H and O–H groups in total. The number of thiazole rings is 1. The molecule has 0 fully saturated rings. The van der Waals surface area contributed by atoms with E-state index in [1.54, 1.807) is 38.1 Å². The summed E-state index contributed by atoms with van der Waals surface area (Å²) in [6.07, 6.45) is 0. The Labute approximate surface area is 136 Å². The number of methoxy groups -OCH3 is 2. The number of amides is 1. The smallest absolute Gasteiger partial charge is 0.275 e. The fourth-order valence-corrected chi connectivity index (χ4v) is 3.29. The van der Waals surface area contributed by atoms with Gasteiger partial charge in [-0.15, -0.1) is 0 Å². The first-order valence-corrected chi connectivity index (χ1v) is 7.68. The largest absolute Gasteiger partial charge is 0.495 e. The number of hydrogen-bond donors (Lipinski definition) is 1. The Morgan fingerprint density at radius 2 is 1.96 bits per heavy atom. The normalized spacial score (nSPS) is 10.8. The molecule has 1 aromatic carbocycles. The summed E-state index contributed by atoms with van der Waals surface area (Å²) in [6.45, 7) is 1.84. The minimum atomic E-state index is -0.259. The summed E-state index contributed by atoms with van der Waals surface area (Å²) in [6, 6.07) is 5.33. The van der Waals surface area contributed by atoms with Gasteiger partial charge in [-0.25, -0.2) is 4.98 Å². The number of hydrogen-bond acceptors (Lipinski definition) is 6. The first-order valence-electron chi connectivity index (χ1n) is 6.87. The fraction of sp³-hybridized carbons (Fsp3) is 0.267. The molecule has 0 aliphatic rings. The van der Waals surface area contributed by atoms with E-state index < -0.39 is 0 Å². The second-order valence-electron chi connectivity index (χ2n) is 4.92. The van der Waals surface area contributed by atoms with Crippen LogP contribution in [0.4, 0.5) is 5.13 Å². The topological polar surface area (TPSA) is 78.3 Å². The zero-order valence-electron chi connectivity index (χ0n) is 13.2. The summed E-state index contributed by atoms with van der Waals surface area (Å²) < 4.78 is 13.0. The van der Waals surface area contributed by atoms with Crippen LogP contribution < -0.4 is 14.8 Å². The zero-order chi connectivity index (χ0) is 16.6. The number of aryl methyl sites for hydroxylation is 2. The van der Waals surface area contributed by atoms with E-state index in [0.717, 1.165) is 10.4 Å². The first kappa shape index (κ1) is 15.3. The van der Waals surface area contributed by atoms with Gasteiger partial charge in [0.05, 0.1) is 19.9 Å². The highest BCUT2D eigenvalue weighted by Gasteiger charge is 2.17. The molecule has 0 unspecified atom stereocenters. The molecular weight excluding hydrogens is 316 g/mol. The van der Waals surface area contributed by atoms with Crippen LogP contribution in [0.1, 0.15) is 16.2 Å². The maximum Gasteiger partial charge on any atom is 0.275 e. The van der Waals surface area contributed by atoms with E-state index in [9.17, 15) is 4.79 Å². The van der Waals surface area contributed by atoms with Gasteiger partial charge in [0, 0.05) is 7.05 Å². The van der Waals surface area contributed by atoms with E-state index in [4.69, 9.17) is 9.47 Å². The molecule has 0 saturated heterocycles. The maximum absolute atomic E-state index is 12.4. The third-order valence-electron chi connectivity index (χ3n) is 3.37. The van der Waals surface area contributed by atoms with E-state index in [2.05, 4.69) is 15.4 Å². The van der Waals surface area contributed by atoms with Crippen molar-refractivity contribution in [1.29, 1.82) is 0 Å². The number of anilines is 1. The monoisotopic (exact) mass is 332 g/mol. The van der Waals surface area contributed by atoms with Crippen molar-refractivity contribution in [2.45, 2.75) is 6.92 Å². The Morgan fingerprint density at radius 1 is 1.26 bits per heavy atom. The number of aromatic nitrogens is 3. The first-order chi connectivity index (χ1) is 11.0. The van der Waals surface area contributed by atoms with Gasteiger partial charge in [-0.05, 0) is 25.1 Å². The van der Waals surface area contributed by atoms with Crippen molar-refractivity contribution < 1.29 is 14.3 Å². The van der Waals surface area contributed by atoms with E-state index in [-0.39, 0.29) is 5.91 Å². The number of nitrogens with one attached hydrogen (secondary N) is 1. The molecule has 0 radical (unpaired) electrons. The van der Waals surface area contributed by atoms with E-state index in [0.29, 0.717) is 27.8 Å². The highest BCUT2D eigenvalue weighted by atomic mass is 32.1. The van der Waals surface area contributed by atoms with Gasteiger partial charge in [-0.3, -0.25) is 14.8 Å². The molecule has 0 atom stereocenters. The summed E-state index contributed by atoms with van der Waals surface area (Å²) in [5.41, 5.74) is 1.92. The van der Waals surface area contributed by atoms with Crippen LogP contribution >= 0.6 is 11.3 Å². The van der Waals surface area contributed by atoms with Gasteiger partial charge in [0.1, 0.15) is 27.4 Å². The molecule has 0 aliphatic carbocycles. The molecule has 3 rings (SSSR count). The summed E-state index contributed by atoms with van der Waals surface area (Å²) >= 11 is 1.34. The quantitative estimate of drug-likeness (QED) is 0.794. The van der Waals surface area contributed by atoms with Crippen LogP contribution in [0.15, 0.2) is 18.2 Å². The van der Waals surface area contributed by atoms with Crippen LogP contribution in [-0.4, -0.2) is 34.9 Å². The molecule has 7 nitrogen and oxygen atoms in total. The van der Waals surface area contributed by atoms with E-state index >= 15 is 0 Å². The van der Waals surface area contributed by atoms with E-state index in [1.807, 2.05) is 13.0 Å². The SMILES string of the molecule is COc1ccc(OC)c2sc(NC(=O)c3cc(C)nn3C)nc12. The number of ether oxygens (including phenoxy) is 2. The van der Waals surface area contributed by atoms with E-state index in [1.165, 1.54) is 11.3 Å². The minimum absolute atomic E-state index is 0.259. The Morgan fingerprint density at radius 3 is 2.57 bits per heavy atom. The highest BCUT2D eigenvalue weighted by molar-refractivity contribution is 7.22. The van der Waals surface area contributed by atoms with Crippen LogP contribution in [0.2, 0.25) is 0 Å². The lowest BCUT2D eigenvalue weighted by molar-refractivity contribution is 0.101. The molecule has 23 heavy (non-hydrogen) atoms. The van der Waals surface area contributed by atoms with Crippen molar-refractivity contribution in [2.24, 2.45) is 7.05 Å². The lowest BCUT2D eigenvalue weighted by Gasteiger charge is -2.03. The number of rotatable bonds is 4. The van der Waals surface area contributed by atoms with Gasteiger partial charge in [-0.1, -0.05) is 11.3 Å². The molecule has 2 aromatic heterocycles. The molecule has 0 aliphatic heterocycles. The number of carbonyl (C=O) groups is 1. The lowest BCUT2D eigenvalue weighted by atomic mass is 10.3. The van der Waals surface area contributed by atoms with Crippen LogP contribution in [0.5, 0.6) is 11.5 Å².